The molecule has 1 unspecified atom stereocenters. The molecule has 29 heavy (non-hydrogen) atoms. The third-order valence-corrected chi connectivity index (χ3v) is 3.88. The average molecular weight is 402 g/mol. The first kappa shape index (κ1) is 26.8. The molecule has 162 valence electrons. The van der Waals surface area contributed by atoms with Gasteiger partial charge >= 0.3 is 0 Å². The Labute approximate surface area is 177 Å². The standard InChI is InChI=1S/C25H39NO3/c1-2-3-4-5-6-7-8-9-10-11-12-13-14-15-16-17-18-19-20-21-25(29)26-22-24(28)23-27/h3-4,6-7,9-10,12-13,15-16,18-19,24,27-28H,2,5,8,11,14,17,20-23H2,1H3,(H,26,29)/b4-3-,7-6-,10-9-,13-12-,16-15-,19-18-. The van der Waals surface area contributed by atoms with E-state index in [0.29, 0.717) is 12.8 Å². The van der Waals surface area contributed by atoms with Crippen LogP contribution in [-0.2, 0) is 4.79 Å². The molecule has 0 aliphatic heterocycles. The van der Waals surface area contributed by atoms with Gasteiger partial charge in [-0.25, -0.2) is 0 Å². The van der Waals surface area contributed by atoms with E-state index in [9.17, 15) is 4.79 Å². The molecule has 0 aromatic rings. The lowest BCUT2D eigenvalue weighted by Crippen LogP contribution is -2.33. The Morgan fingerprint density at radius 3 is 1.59 bits per heavy atom. The summed E-state index contributed by atoms with van der Waals surface area (Å²) in [4.78, 5) is 11.5. The number of aliphatic hydroxyl groups excluding tert-OH is 2. The molecule has 1 amide bonds. The molecule has 0 aromatic heterocycles. The number of amides is 1. The molecular weight excluding hydrogens is 362 g/mol. The molecule has 4 heteroatoms. The largest absolute Gasteiger partial charge is 0.394 e. The highest BCUT2D eigenvalue weighted by atomic mass is 16.3. The Morgan fingerprint density at radius 1 is 0.759 bits per heavy atom. The summed E-state index contributed by atoms with van der Waals surface area (Å²) in [6, 6.07) is 0. The van der Waals surface area contributed by atoms with Crippen LogP contribution in [0.1, 0.15) is 58.3 Å². The number of rotatable bonds is 17. The Hall–Kier alpha value is -2.17. The summed E-state index contributed by atoms with van der Waals surface area (Å²) in [7, 11) is 0. The van der Waals surface area contributed by atoms with Crippen molar-refractivity contribution in [3.8, 4) is 0 Å². The van der Waals surface area contributed by atoms with Crippen LogP contribution in [0.5, 0.6) is 0 Å². The molecule has 0 aliphatic rings. The van der Waals surface area contributed by atoms with Gasteiger partial charge in [0.1, 0.15) is 0 Å². The summed E-state index contributed by atoms with van der Waals surface area (Å²) in [6.07, 6.45) is 31.9. The van der Waals surface area contributed by atoms with Crippen LogP contribution in [0.4, 0.5) is 0 Å². The fraction of sp³-hybridized carbons (Fsp3) is 0.480. The predicted molar refractivity (Wildman–Crippen MR) is 124 cm³/mol. The molecule has 4 nitrogen and oxygen atoms in total. The minimum atomic E-state index is -0.884. The van der Waals surface area contributed by atoms with Gasteiger partial charge in [-0.3, -0.25) is 4.79 Å². The van der Waals surface area contributed by atoms with Crippen LogP contribution in [0.15, 0.2) is 72.9 Å². The Morgan fingerprint density at radius 2 is 1.17 bits per heavy atom. The van der Waals surface area contributed by atoms with Crippen molar-refractivity contribution in [2.75, 3.05) is 13.2 Å². The van der Waals surface area contributed by atoms with E-state index in [1.807, 2.05) is 12.2 Å². The molecule has 0 bridgehead atoms. The average Bonchev–Trinajstić information content (AvgIpc) is 2.73. The topological polar surface area (TPSA) is 69.6 Å². The highest BCUT2D eigenvalue weighted by Crippen LogP contribution is 1.97. The van der Waals surface area contributed by atoms with Crippen molar-refractivity contribution < 1.29 is 15.0 Å². The second-order valence-corrected chi connectivity index (χ2v) is 6.59. The van der Waals surface area contributed by atoms with Crippen LogP contribution in [0.2, 0.25) is 0 Å². The molecule has 0 fully saturated rings. The predicted octanol–water partition coefficient (Wildman–Crippen LogP) is 4.93. The van der Waals surface area contributed by atoms with Crippen molar-refractivity contribution in [2.24, 2.45) is 0 Å². The third-order valence-electron chi connectivity index (χ3n) is 3.88. The summed E-state index contributed by atoms with van der Waals surface area (Å²) >= 11 is 0. The zero-order chi connectivity index (χ0) is 21.4. The monoisotopic (exact) mass is 401 g/mol. The van der Waals surface area contributed by atoms with Crippen molar-refractivity contribution in [2.45, 2.75) is 64.4 Å². The van der Waals surface area contributed by atoms with Crippen molar-refractivity contribution in [1.82, 2.24) is 5.32 Å². The number of aliphatic hydroxyl groups is 2. The number of nitrogens with one attached hydrogen (secondary N) is 1. The van der Waals surface area contributed by atoms with Gasteiger partial charge in [-0.15, -0.1) is 0 Å². The zero-order valence-corrected chi connectivity index (χ0v) is 17.9. The maximum Gasteiger partial charge on any atom is 0.220 e. The van der Waals surface area contributed by atoms with E-state index in [2.05, 4.69) is 73.0 Å². The van der Waals surface area contributed by atoms with E-state index < -0.39 is 6.10 Å². The number of hydrogen-bond donors (Lipinski definition) is 3. The minimum Gasteiger partial charge on any atom is -0.394 e. The smallest absolute Gasteiger partial charge is 0.220 e. The maximum atomic E-state index is 11.5. The first-order valence-corrected chi connectivity index (χ1v) is 10.7. The highest BCUT2D eigenvalue weighted by molar-refractivity contribution is 5.75. The molecular formula is C25H39NO3. The normalized spacial score (nSPS) is 13.9. The summed E-state index contributed by atoms with van der Waals surface area (Å²) in [5, 5.41) is 20.4. The molecule has 0 aromatic carbocycles. The van der Waals surface area contributed by atoms with Crippen LogP contribution in [-0.4, -0.2) is 35.4 Å². The van der Waals surface area contributed by atoms with E-state index in [-0.39, 0.29) is 19.1 Å². The van der Waals surface area contributed by atoms with E-state index in [1.54, 1.807) is 0 Å². The van der Waals surface area contributed by atoms with Crippen LogP contribution >= 0.6 is 0 Å². The van der Waals surface area contributed by atoms with Crippen molar-refractivity contribution in [1.29, 1.82) is 0 Å². The van der Waals surface area contributed by atoms with Gasteiger partial charge in [0.2, 0.25) is 5.91 Å². The van der Waals surface area contributed by atoms with Gasteiger partial charge in [0.05, 0.1) is 12.7 Å². The van der Waals surface area contributed by atoms with Gasteiger partial charge in [-0.05, 0) is 44.9 Å². The first-order valence-electron chi connectivity index (χ1n) is 10.7. The number of carbonyl (C=O) groups is 1. The third kappa shape index (κ3) is 22.0. The fourth-order valence-corrected chi connectivity index (χ4v) is 2.24. The number of allylic oxidation sites excluding steroid dienone is 12. The maximum absolute atomic E-state index is 11.5. The van der Waals surface area contributed by atoms with Crippen molar-refractivity contribution in [3.63, 3.8) is 0 Å². The quantitative estimate of drug-likeness (QED) is 0.303. The van der Waals surface area contributed by atoms with Crippen LogP contribution in [0, 0.1) is 0 Å². The van der Waals surface area contributed by atoms with Gasteiger partial charge in [-0.2, -0.15) is 0 Å². The van der Waals surface area contributed by atoms with E-state index in [4.69, 9.17) is 10.2 Å². The molecule has 0 spiro atoms. The van der Waals surface area contributed by atoms with E-state index >= 15 is 0 Å². The lowest BCUT2D eigenvalue weighted by atomic mass is 10.2. The highest BCUT2D eigenvalue weighted by Gasteiger charge is 2.04. The molecule has 0 aliphatic carbocycles. The second-order valence-electron chi connectivity index (χ2n) is 6.59. The fourth-order valence-electron chi connectivity index (χ4n) is 2.24. The molecule has 0 radical (unpaired) electrons. The van der Waals surface area contributed by atoms with E-state index in [1.165, 1.54) is 0 Å². The van der Waals surface area contributed by atoms with E-state index in [0.717, 1.165) is 38.5 Å². The lowest BCUT2D eigenvalue weighted by Gasteiger charge is -2.07. The van der Waals surface area contributed by atoms with Crippen molar-refractivity contribution >= 4 is 5.91 Å². The molecule has 1 atom stereocenters. The Kier molecular flexibility index (Phi) is 20.5. The first-order chi connectivity index (χ1) is 14.2. The van der Waals surface area contributed by atoms with Gasteiger partial charge in [0.15, 0.2) is 0 Å². The summed E-state index contributed by atoms with van der Waals surface area (Å²) in [6.45, 7) is 1.90. The summed E-state index contributed by atoms with van der Waals surface area (Å²) in [5.74, 6) is -0.114. The zero-order valence-electron chi connectivity index (χ0n) is 17.9. The van der Waals surface area contributed by atoms with Gasteiger partial charge in [-0.1, -0.05) is 79.8 Å². The van der Waals surface area contributed by atoms with Crippen molar-refractivity contribution in [3.05, 3.63) is 72.9 Å². The minimum absolute atomic E-state index is 0.0963. The van der Waals surface area contributed by atoms with Crippen LogP contribution < -0.4 is 5.32 Å². The number of hydrogen-bond acceptors (Lipinski definition) is 3. The second kappa shape index (κ2) is 22.1. The number of carbonyl (C=O) groups excluding carboxylic acids is 1. The molecule has 0 saturated carbocycles. The lowest BCUT2D eigenvalue weighted by molar-refractivity contribution is -0.121. The molecule has 0 saturated heterocycles. The van der Waals surface area contributed by atoms with Gasteiger partial charge in [0.25, 0.3) is 0 Å². The molecule has 0 heterocycles. The SMILES string of the molecule is CC/C=C\C/C=C\C/C=C\C/C=C\C/C=C\C/C=C\CCC(=O)NCC(O)CO. The summed E-state index contributed by atoms with van der Waals surface area (Å²) < 4.78 is 0. The van der Waals surface area contributed by atoms with Gasteiger partial charge < -0.3 is 15.5 Å². The molecule has 3 N–H and O–H groups in total. The summed E-state index contributed by atoms with van der Waals surface area (Å²) in [5.41, 5.74) is 0. The van der Waals surface area contributed by atoms with Gasteiger partial charge in [0, 0.05) is 13.0 Å². The van der Waals surface area contributed by atoms with Crippen LogP contribution in [0.3, 0.4) is 0 Å². The van der Waals surface area contributed by atoms with Crippen LogP contribution in [0.25, 0.3) is 0 Å². The molecule has 0 rings (SSSR count). The Balaban J connectivity index is 3.58. The Bertz CT molecular complexity index is 556.